The Kier molecular flexibility index (Phi) is 4.30. The molecule has 0 spiro atoms. The Morgan fingerprint density at radius 2 is 2.38 bits per heavy atom. The zero-order chi connectivity index (χ0) is 6.41. The van der Waals surface area contributed by atoms with Gasteiger partial charge in [0.25, 0.3) is 0 Å². The molecule has 0 heterocycles. The van der Waals surface area contributed by atoms with Crippen molar-refractivity contribution in [2.75, 3.05) is 13.6 Å². The highest BCUT2D eigenvalue weighted by molar-refractivity contribution is 4.72. The van der Waals surface area contributed by atoms with Crippen LogP contribution in [-0.2, 0) is 9.47 Å². The highest BCUT2D eigenvalue weighted by Gasteiger charge is 1.81. The standard InChI is InChI=1S/C5H10O3/c1-5(2)8-4-7-3-6/h6H,1,3-4H2,2H3. The number of ether oxygens (including phenoxy) is 2. The second kappa shape index (κ2) is 4.61. The number of rotatable bonds is 4. The molecule has 0 fully saturated rings. The second-order valence-electron chi connectivity index (χ2n) is 1.30. The van der Waals surface area contributed by atoms with E-state index in [0.29, 0.717) is 5.76 Å². The van der Waals surface area contributed by atoms with Crippen LogP contribution in [0.4, 0.5) is 0 Å². The third-order valence-electron chi connectivity index (χ3n) is 0.480. The molecule has 3 nitrogen and oxygen atoms in total. The Hall–Kier alpha value is -0.540. The molecular formula is C5H10O3. The van der Waals surface area contributed by atoms with E-state index >= 15 is 0 Å². The fourth-order valence-electron chi connectivity index (χ4n) is 0.180. The van der Waals surface area contributed by atoms with E-state index in [1.165, 1.54) is 0 Å². The van der Waals surface area contributed by atoms with Crippen LogP contribution in [0.15, 0.2) is 12.3 Å². The van der Waals surface area contributed by atoms with Crippen molar-refractivity contribution in [3.63, 3.8) is 0 Å². The number of hydrogen-bond donors (Lipinski definition) is 1. The van der Waals surface area contributed by atoms with Crippen LogP contribution in [0.3, 0.4) is 0 Å². The van der Waals surface area contributed by atoms with E-state index < -0.39 is 0 Å². The summed E-state index contributed by atoms with van der Waals surface area (Å²) in [5.74, 6) is 0.582. The summed E-state index contributed by atoms with van der Waals surface area (Å²) in [6, 6.07) is 0. The first kappa shape index (κ1) is 7.46. The van der Waals surface area contributed by atoms with E-state index in [4.69, 9.17) is 9.84 Å². The average molecular weight is 118 g/mol. The van der Waals surface area contributed by atoms with Gasteiger partial charge in [0.15, 0.2) is 6.79 Å². The van der Waals surface area contributed by atoms with Gasteiger partial charge in [-0.3, -0.25) is 0 Å². The molecule has 0 aliphatic carbocycles. The summed E-state index contributed by atoms with van der Waals surface area (Å²) in [6.07, 6.45) is 0. The van der Waals surface area contributed by atoms with Crippen molar-refractivity contribution >= 4 is 0 Å². The largest absolute Gasteiger partial charge is 0.473 e. The van der Waals surface area contributed by atoms with Crippen LogP contribution in [0, 0.1) is 0 Å². The third-order valence-corrected chi connectivity index (χ3v) is 0.480. The molecule has 48 valence electrons. The highest BCUT2D eigenvalue weighted by atomic mass is 16.7. The number of aliphatic hydroxyl groups is 1. The molecule has 0 aromatic rings. The second-order valence-corrected chi connectivity index (χ2v) is 1.30. The third kappa shape index (κ3) is 5.46. The van der Waals surface area contributed by atoms with Gasteiger partial charge in [0.2, 0.25) is 0 Å². The van der Waals surface area contributed by atoms with Gasteiger partial charge in [-0.2, -0.15) is 0 Å². The predicted molar refractivity (Wildman–Crippen MR) is 28.9 cm³/mol. The van der Waals surface area contributed by atoms with Crippen LogP contribution in [0.1, 0.15) is 6.92 Å². The average Bonchev–Trinajstić information content (AvgIpc) is 1.66. The molecule has 0 bridgehead atoms. The van der Waals surface area contributed by atoms with Gasteiger partial charge in [-0.25, -0.2) is 0 Å². The van der Waals surface area contributed by atoms with E-state index in [9.17, 15) is 0 Å². The van der Waals surface area contributed by atoms with E-state index in [2.05, 4.69) is 11.3 Å². The number of aliphatic hydroxyl groups excluding tert-OH is 1. The summed E-state index contributed by atoms with van der Waals surface area (Å²) in [4.78, 5) is 0. The lowest BCUT2D eigenvalue weighted by Gasteiger charge is -2.01. The summed E-state index contributed by atoms with van der Waals surface area (Å²) < 4.78 is 9.12. The molecule has 0 amide bonds. The van der Waals surface area contributed by atoms with Gasteiger partial charge in [0.05, 0.1) is 5.76 Å². The van der Waals surface area contributed by atoms with Crippen molar-refractivity contribution in [2.24, 2.45) is 0 Å². The van der Waals surface area contributed by atoms with Gasteiger partial charge in [-0.05, 0) is 6.92 Å². The van der Waals surface area contributed by atoms with Gasteiger partial charge in [-0.15, -0.1) is 0 Å². The summed E-state index contributed by atoms with van der Waals surface area (Å²) in [7, 11) is 0. The Morgan fingerprint density at radius 3 is 2.75 bits per heavy atom. The van der Waals surface area contributed by atoms with E-state index in [-0.39, 0.29) is 13.6 Å². The lowest BCUT2D eigenvalue weighted by atomic mass is 10.7. The normalized spacial score (nSPS) is 8.75. The van der Waals surface area contributed by atoms with E-state index in [1.807, 2.05) is 0 Å². The SMILES string of the molecule is C=C(C)OCOCO. The maximum atomic E-state index is 8.05. The molecule has 0 aliphatic rings. The fourth-order valence-corrected chi connectivity index (χ4v) is 0.180. The van der Waals surface area contributed by atoms with Crippen molar-refractivity contribution in [3.05, 3.63) is 12.3 Å². The van der Waals surface area contributed by atoms with Crippen molar-refractivity contribution in [1.29, 1.82) is 0 Å². The molecule has 0 rings (SSSR count). The van der Waals surface area contributed by atoms with Crippen LogP contribution in [-0.4, -0.2) is 18.7 Å². The first-order valence-electron chi connectivity index (χ1n) is 2.24. The zero-order valence-corrected chi connectivity index (χ0v) is 4.89. The predicted octanol–water partition coefficient (Wildman–Crippen LogP) is 0.460. The Morgan fingerprint density at radius 1 is 1.75 bits per heavy atom. The van der Waals surface area contributed by atoms with E-state index in [1.54, 1.807) is 6.92 Å². The highest BCUT2D eigenvalue weighted by Crippen LogP contribution is 1.88. The van der Waals surface area contributed by atoms with Crippen LogP contribution < -0.4 is 0 Å². The van der Waals surface area contributed by atoms with Gasteiger partial charge < -0.3 is 14.6 Å². The Labute approximate surface area is 48.5 Å². The maximum Gasteiger partial charge on any atom is 0.191 e. The lowest BCUT2D eigenvalue weighted by Crippen LogP contribution is -1.98. The van der Waals surface area contributed by atoms with Crippen molar-refractivity contribution in [1.82, 2.24) is 0 Å². The summed E-state index contributed by atoms with van der Waals surface area (Å²) in [6.45, 7) is 4.92. The molecule has 3 heteroatoms. The Balaban J connectivity index is 2.82. The minimum absolute atomic E-state index is 0.0752. The van der Waals surface area contributed by atoms with Crippen LogP contribution in [0.5, 0.6) is 0 Å². The molecule has 0 radical (unpaired) electrons. The molecule has 0 saturated heterocycles. The number of allylic oxidation sites excluding steroid dienone is 1. The molecular weight excluding hydrogens is 108 g/mol. The van der Waals surface area contributed by atoms with Gasteiger partial charge in [0.1, 0.15) is 6.79 Å². The first-order chi connectivity index (χ1) is 3.77. The molecule has 0 saturated carbocycles. The minimum atomic E-state index is -0.312. The first-order valence-corrected chi connectivity index (χ1v) is 2.24. The molecule has 0 unspecified atom stereocenters. The molecule has 0 aliphatic heterocycles. The molecule has 0 aromatic carbocycles. The van der Waals surface area contributed by atoms with Crippen molar-refractivity contribution < 1.29 is 14.6 Å². The minimum Gasteiger partial charge on any atom is -0.473 e. The maximum absolute atomic E-state index is 8.05. The van der Waals surface area contributed by atoms with Crippen LogP contribution in [0.25, 0.3) is 0 Å². The van der Waals surface area contributed by atoms with Gasteiger partial charge >= 0.3 is 0 Å². The van der Waals surface area contributed by atoms with E-state index in [0.717, 1.165) is 0 Å². The van der Waals surface area contributed by atoms with Gasteiger partial charge in [-0.1, -0.05) is 6.58 Å². The summed E-state index contributed by atoms with van der Waals surface area (Å²) in [5.41, 5.74) is 0. The summed E-state index contributed by atoms with van der Waals surface area (Å²) >= 11 is 0. The summed E-state index contributed by atoms with van der Waals surface area (Å²) in [5, 5.41) is 8.05. The fraction of sp³-hybridized carbons (Fsp3) is 0.600. The molecule has 0 atom stereocenters. The Bertz CT molecular complexity index is 70.1. The zero-order valence-electron chi connectivity index (χ0n) is 4.89. The quantitative estimate of drug-likeness (QED) is 0.331. The smallest absolute Gasteiger partial charge is 0.191 e. The van der Waals surface area contributed by atoms with Crippen LogP contribution >= 0.6 is 0 Å². The molecule has 1 N–H and O–H groups in total. The molecule has 8 heavy (non-hydrogen) atoms. The topological polar surface area (TPSA) is 38.7 Å². The van der Waals surface area contributed by atoms with Crippen LogP contribution in [0.2, 0.25) is 0 Å². The number of hydrogen-bond acceptors (Lipinski definition) is 3. The van der Waals surface area contributed by atoms with Crippen molar-refractivity contribution in [2.45, 2.75) is 6.92 Å². The monoisotopic (exact) mass is 118 g/mol. The molecule has 0 aromatic heterocycles. The lowest BCUT2D eigenvalue weighted by molar-refractivity contribution is -0.0877. The van der Waals surface area contributed by atoms with Gasteiger partial charge in [0, 0.05) is 0 Å². The van der Waals surface area contributed by atoms with Crippen molar-refractivity contribution in [3.8, 4) is 0 Å².